The number of hydrogen-bond donors (Lipinski definition) is 2. The molecule has 1 aromatic carbocycles. The van der Waals surface area contributed by atoms with Crippen LogP contribution in [0.2, 0.25) is 5.02 Å². The van der Waals surface area contributed by atoms with Crippen molar-refractivity contribution in [2.75, 3.05) is 11.6 Å². The molecule has 0 saturated heterocycles. The van der Waals surface area contributed by atoms with E-state index < -0.39 is 21.1 Å². The highest BCUT2D eigenvalue weighted by atomic mass is 35.5. The largest absolute Gasteiger partial charge is 0.478 e. The van der Waals surface area contributed by atoms with Gasteiger partial charge in [0.05, 0.1) is 15.8 Å². The van der Waals surface area contributed by atoms with Crippen molar-refractivity contribution in [1.29, 1.82) is 0 Å². The van der Waals surface area contributed by atoms with E-state index in [0.29, 0.717) is 12.1 Å². The lowest BCUT2D eigenvalue weighted by atomic mass is 10.1. The summed E-state index contributed by atoms with van der Waals surface area (Å²) >= 11 is 5.80. The van der Waals surface area contributed by atoms with Crippen LogP contribution < -0.4 is 5.32 Å². The molecule has 0 amide bonds. The van der Waals surface area contributed by atoms with Gasteiger partial charge in [0.25, 0.3) is 0 Å². The first-order valence-corrected chi connectivity index (χ1v) is 8.60. The maximum Gasteiger partial charge on any atom is 0.337 e. The monoisotopic (exact) mass is 317 g/mol. The molecule has 110 valence electrons. The predicted octanol–water partition coefficient (Wildman–Crippen LogP) is 2.42. The highest BCUT2D eigenvalue weighted by molar-refractivity contribution is 7.91. The highest BCUT2D eigenvalue weighted by Gasteiger charge is 2.34. The minimum absolute atomic E-state index is 0.00516. The maximum absolute atomic E-state index is 11.7. The average Bonchev–Trinajstić information content (AvgIpc) is 2.79. The van der Waals surface area contributed by atoms with Crippen molar-refractivity contribution in [2.24, 2.45) is 0 Å². The van der Waals surface area contributed by atoms with Crippen LogP contribution in [0.4, 0.5) is 5.69 Å². The molecule has 7 heteroatoms. The molecule has 20 heavy (non-hydrogen) atoms. The molecule has 2 rings (SSSR count). The van der Waals surface area contributed by atoms with Crippen LogP contribution in [0.3, 0.4) is 0 Å². The molecule has 0 heterocycles. The van der Waals surface area contributed by atoms with Gasteiger partial charge in [-0.15, -0.1) is 0 Å². The van der Waals surface area contributed by atoms with E-state index in [1.807, 2.05) is 0 Å². The van der Waals surface area contributed by atoms with Gasteiger partial charge in [0.1, 0.15) is 0 Å². The molecule has 0 aromatic heterocycles. The molecule has 2 N–H and O–H groups in total. The zero-order valence-electron chi connectivity index (χ0n) is 11.0. The van der Waals surface area contributed by atoms with Crippen molar-refractivity contribution >= 4 is 33.1 Å². The fourth-order valence-electron chi connectivity index (χ4n) is 2.60. The fourth-order valence-corrected chi connectivity index (χ4v) is 4.19. The van der Waals surface area contributed by atoms with Crippen LogP contribution in [-0.2, 0) is 9.84 Å². The summed E-state index contributed by atoms with van der Waals surface area (Å²) in [6, 6.07) is 4.40. The van der Waals surface area contributed by atoms with Gasteiger partial charge in [-0.1, -0.05) is 11.6 Å². The Morgan fingerprint density at radius 1 is 1.40 bits per heavy atom. The Morgan fingerprint density at radius 2 is 2.10 bits per heavy atom. The Morgan fingerprint density at radius 3 is 2.70 bits per heavy atom. The minimum atomic E-state index is -3.11. The maximum atomic E-state index is 11.7. The normalized spacial score (nSPS) is 22.7. The predicted molar refractivity (Wildman–Crippen MR) is 78.3 cm³/mol. The molecule has 0 aliphatic heterocycles. The van der Waals surface area contributed by atoms with E-state index in [9.17, 15) is 13.2 Å². The van der Waals surface area contributed by atoms with Gasteiger partial charge in [0.2, 0.25) is 0 Å². The molecular weight excluding hydrogens is 302 g/mol. The summed E-state index contributed by atoms with van der Waals surface area (Å²) < 4.78 is 23.4. The second-order valence-electron chi connectivity index (χ2n) is 5.05. The van der Waals surface area contributed by atoms with Gasteiger partial charge >= 0.3 is 5.97 Å². The molecule has 1 saturated carbocycles. The summed E-state index contributed by atoms with van der Waals surface area (Å²) in [6.07, 6.45) is 3.47. The second-order valence-corrected chi connectivity index (χ2v) is 7.72. The number of aromatic carboxylic acids is 1. The van der Waals surface area contributed by atoms with Gasteiger partial charge in [0, 0.05) is 18.0 Å². The smallest absolute Gasteiger partial charge is 0.337 e. The van der Waals surface area contributed by atoms with E-state index in [1.165, 1.54) is 18.4 Å². The molecule has 1 aromatic rings. The number of anilines is 1. The van der Waals surface area contributed by atoms with Gasteiger partial charge in [0.15, 0.2) is 9.84 Å². The van der Waals surface area contributed by atoms with Gasteiger partial charge in [-0.2, -0.15) is 0 Å². The van der Waals surface area contributed by atoms with Crippen molar-refractivity contribution in [3.05, 3.63) is 28.8 Å². The highest BCUT2D eigenvalue weighted by Crippen LogP contribution is 2.29. The number of halogens is 1. The molecule has 5 nitrogen and oxygen atoms in total. The summed E-state index contributed by atoms with van der Waals surface area (Å²) in [7, 11) is -3.11. The fraction of sp³-hybridized carbons (Fsp3) is 0.462. The van der Waals surface area contributed by atoms with Crippen LogP contribution in [0.1, 0.15) is 29.6 Å². The minimum Gasteiger partial charge on any atom is -0.478 e. The molecule has 0 spiro atoms. The molecule has 0 bridgehead atoms. The Balaban J connectivity index is 2.22. The van der Waals surface area contributed by atoms with Crippen LogP contribution in [0.15, 0.2) is 18.2 Å². The Hall–Kier alpha value is -1.27. The van der Waals surface area contributed by atoms with Crippen molar-refractivity contribution in [3.63, 3.8) is 0 Å². The molecule has 1 aliphatic carbocycles. The van der Waals surface area contributed by atoms with Crippen LogP contribution in [0.25, 0.3) is 0 Å². The molecule has 1 fully saturated rings. The van der Waals surface area contributed by atoms with E-state index in [4.69, 9.17) is 16.7 Å². The number of hydrogen-bond acceptors (Lipinski definition) is 4. The number of carboxylic acids is 1. The van der Waals surface area contributed by atoms with Crippen LogP contribution >= 0.6 is 11.6 Å². The first-order valence-electron chi connectivity index (χ1n) is 6.27. The second kappa shape index (κ2) is 5.61. The van der Waals surface area contributed by atoms with Gasteiger partial charge in [-0.05, 0) is 37.5 Å². The molecule has 0 radical (unpaired) electrons. The lowest BCUT2D eigenvalue weighted by molar-refractivity contribution is 0.0697. The zero-order chi connectivity index (χ0) is 14.9. The van der Waals surface area contributed by atoms with Crippen LogP contribution in [-0.4, -0.2) is 37.0 Å². The van der Waals surface area contributed by atoms with Gasteiger partial charge in [-0.25, -0.2) is 13.2 Å². The molecule has 1 aliphatic rings. The van der Waals surface area contributed by atoms with E-state index >= 15 is 0 Å². The van der Waals surface area contributed by atoms with E-state index in [2.05, 4.69) is 5.32 Å². The summed E-state index contributed by atoms with van der Waals surface area (Å²) in [5, 5.41) is 11.9. The van der Waals surface area contributed by atoms with Crippen molar-refractivity contribution in [1.82, 2.24) is 0 Å². The number of rotatable bonds is 4. The summed E-state index contributed by atoms with van der Waals surface area (Å²) in [4.78, 5) is 11.0. The van der Waals surface area contributed by atoms with Gasteiger partial charge < -0.3 is 10.4 Å². The third-order valence-electron chi connectivity index (χ3n) is 3.55. The third kappa shape index (κ3) is 3.24. The molecule has 2 atom stereocenters. The van der Waals surface area contributed by atoms with E-state index in [-0.39, 0.29) is 16.6 Å². The third-order valence-corrected chi connectivity index (χ3v) is 5.55. The van der Waals surface area contributed by atoms with Crippen LogP contribution in [0.5, 0.6) is 0 Å². The Labute approximate surface area is 122 Å². The number of carbonyl (C=O) groups is 1. The van der Waals surface area contributed by atoms with Crippen molar-refractivity contribution < 1.29 is 18.3 Å². The lowest BCUT2D eigenvalue weighted by Crippen LogP contribution is -2.34. The Kier molecular flexibility index (Phi) is 4.25. The van der Waals surface area contributed by atoms with Gasteiger partial charge in [-0.3, -0.25) is 0 Å². The molecule has 2 unspecified atom stereocenters. The Bertz CT molecular complexity index is 629. The zero-order valence-corrected chi connectivity index (χ0v) is 12.5. The number of sulfone groups is 1. The summed E-state index contributed by atoms with van der Waals surface area (Å²) in [6.45, 7) is 0. The number of benzene rings is 1. The number of nitrogens with one attached hydrogen (secondary N) is 1. The van der Waals surface area contributed by atoms with Crippen LogP contribution in [0, 0.1) is 0 Å². The summed E-state index contributed by atoms with van der Waals surface area (Å²) in [5.74, 6) is -1.11. The SMILES string of the molecule is CS(=O)(=O)C1CCCC1Nc1ccc(Cl)c(C(=O)O)c1. The van der Waals surface area contributed by atoms with E-state index in [0.717, 1.165) is 12.8 Å². The molecular formula is C13H16ClNO4S. The topological polar surface area (TPSA) is 83.5 Å². The average molecular weight is 318 g/mol. The van der Waals surface area contributed by atoms with Crippen molar-refractivity contribution in [3.8, 4) is 0 Å². The van der Waals surface area contributed by atoms with Crippen molar-refractivity contribution in [2.45, 2.75) is 30.6 Å². The van der Waals surface area contributed by atoms with E-state index in [1.54, 1.807) is 6.07 Å². The lowest BCUT2D eigenvalue weighted by Gasteiger charge is -2.21. The first-order chi connectivity index (χ1) is 9.29. The number of carboxylic acid groups (broad SMARTS) is 1. The first kappa shape index (κ1) is 15.1. The summed E-state index contributed by atoms with van der Waals surface area (Å²) in [5.41, 5.74) is 0.581. The quantitative estimate of drug-likeness (QED) is 0.891. The standard InChI is InChI=1S/C13H16ClNO4S/c1-20(18,19)12-4-2-3-11(12)15-8-5-6-10(14)9(7-8)13(16)17/h5-7,11-12,15H,2-4H2,1H3,(H,16,17).